The molecule has 1 rings (SSSR count). The van der Waals surface area contributed by atoms with E-state index in [1.54, 1.807) is 12.3 Å². The van der Waals surface area contributed by atoms with Crippen molar-refractivity contribution in [2.24, 2.45) is 5.73 Å². The van der Waals surface area contributed by atoms with Crippen molar-refractivity contribution >= 4 is 17.4 Å². The molecule has 0 saturated carbocycles. The Morgan fingerprint density at radius 2 is 2.29 bits per heavy atom. The molecule has 14 heavy (non-hydrogen) atoms. The van der Waals surface area contributed by atoms with Gasteiger partial charge in [0.1, 0.15) is 5.82 Å². The number of ether oxygens (including phenoxy) is 1. The molecular weight excluding hydrogens is 202 g/mol. The molecule has 0 aliphatic carbocycles. The molecule has 0 spiro atoms. The highest BCUT2D eigenvalue weighted by Gasteiger charge is 1.92. The van der Waals surface area contributed by atoms with Crippen LogP contribution in [0.5, 0.6) is 0 Å². The van der Waals surface area contributed by atoms with E-state index in [-0.39, 0.29) is 0 Å². The first kappa shape index (κ1) is 11.2. The molecule has 0 amide bonds. The highest BCUT2D eigenvalue weighted by molar-refractivity contribution is 6.30. The summed E-state index contributed by atoms with van der Waals surface area (Å²) in [5.41, 5.74) is 5.27. The van der Waals surface area contributed by atoms with Gasteiger partial charge >= 0.3 is 0 Å². The molecule has 1 aromatic rings. The zero-order valence-corrected chi connectivity index (χ0v) is 8.63. The molecule has 0 fully saturated rings. The van der Waals surface area contributed by atoms with Crippen molar-refractivity contribution in [1.29, 1.82) is 0 Å². The average molecular weight is 216 g/mol. The maximum atomic E-state index is 5.69. The van der Waals surface area contributed by atoms with Crippen molar-refractivity contribution < 1.29 is 4.74 Å². The summed E-state index contributed by atoms with van der Waals surface area (Å²) in [5, 5.41) is 3.73. The Hall–Kier alpha value is -0.840. The minimum atomic E-state index is 0.555. The number of anilines is 1. The van der Waals surface area contributed by atoms with Crippen molar-refractivity contribution in [2.75, 3.05) is 31.6 Å². The second kappa shape index (κ2) is 6.59. The van der Waals surface area contributed by atoms with Crippen molar-refractivity contribution in [3.63, 3.8) is 0 Å². The summed E-state index contributed by atoms with van der Waals surface area (Å²) < 4.78 is 5.19. The van der Waals surface area contributed by atoms with E-state index in [2.05, 4.69) is 10.3 Å². The predicted molar refractivity (Wildman–Crippen MR) is 57.6 cm³/mol. The Labute approximate surface area is 88.4 Å². The van der Waals surface area contributed by atoms with E-state index >= 15 is 0 Å². The van der Waals surface area contributed by atoms with Gasteiger partial charge in [-0.25, -0.2) is 4.98 Å². The molecule has 0 aliphatic heterocycles. The van der Waals surface area contributed by atoms with Gasteiger partial charge in [-0.05, 0) is 12.1 Å². The molecule has 0 aliphatic rings. The largest absolute Gasteiger partial charge is 0.378 e. The summed E-state index contributed by atoms with van der Waals surface area (Å²) in [6.07, 6.45) is 1.60. The van der Waals surface area contributed by atoms with E-state index in [9.17, 15) is 0 Å². The third-order valence-corrected chi connectivity index (χ3v) is 1.77. The molecule has 4 nitrogen and oxygen atoms in total. The fraction of sp³-hybridized carbons (Fsp3) is 0.444. The standard InChI is InChI=1S/C9H14ClN3O/c10-8-1-2-9(13-7-8)12-4-6-14-5-3-11/h1-2,7H,3-6,11H2,(H,12,13). The molecule has 0 radical (unpaired) electrons. The highest BCUT2D eigenvalue weighted by atomic mass is 35.5. The van der Waals surface area contributed by atoms with E-state index < -0.39 is 0 Å². The van der Waals surface area contributed by atoms with E-state index in [1.807, 2.05) is 6.07 Å². The normalized spacial score (nSPS) is 10.1. The second-order valence-corrected chi connectivity index (χ2v) is 3.13. The van der Waals surface area contributed by atoms with Gasteiger partial charge in [-0.15, -0.1) is 0 Å². The molecule has 5 heteroatoms. The fourth-order valence-electron chi connectivity index (χ4n) is 0.917. The van der Waals surface area contributed by atoms with Crippen LogP contribution in [0.3, 0.4) is 0 Å². The van der Waals surface area contributed by atoms with Crippen LogP contribution in [0, 0.1) is 0 Å². The van der Waals surface area contributed by atoms with Crippen LogP contribution >= 0.6 is 11.6 Å². The highest BCUT2D eigenvalue weighted by Crippen LogP contribution is 2.08. The molecule has 0 atom stereocenters. The van der Waals surface area contributed by atoms with Gasteiger partial charge in [-0.3, -0.25) is 0 Å². The third kappa shape index (κ3) is 4.41. The lowest BCUT2D eigenvalue weighted by Gasteiger charge is -2.05. The summed E-state index contributed by atoms with van der Waals surface area (Å²) >= 11 is 5.69. The van der Waals surface area contributed by atoms with Crippen molar-refractivity contribution in [3.05, 3.63) is 23.4 Å². The summed E-state index contributed by atoms with van der Waals surface area (Å²) in [6, 6.07) is 3.61. The number of nitrogens with zero attached hydrogens (tertiary/aromatic N) is 1. The lowest BCUT2D eigenvalue weighted by atomic mass is 10.4. The third-order valence-electron chi connectivity index (χ3n) is 1.54. The monoisotopic (exact) mass is 215 g/mol. The molecule has 3 N–H and O–H groups in total. The molecule has 0 aromatic carbocycles. The number of aromatic nitrogens is 1. The predicted octanol–water partition coefficient (Wildman–Crippen LogP) is 1.12. The molecular formula is C9H14ClN3O. The topological polar surface area (TPSA) is 60.2 Å². The second-order valence-electron chi connectivity index (χ2n) is 2.69. The number of rotatable bonds is 6. The number of pyridine rings is 1. The zero-order valence-electron chi connectivity index (χ0n) is 7.87. The van der Waals surface area contributed by atoms with Gasteiger partial charge in [0.05, 0.1) is 18.2 Å². The molecule has 1 heterocycles. The van der Waals surface area contributed by atoms with Gasteiger partial charge in [-0.1, -0.05) is 11.6 Å². The minimum Gasteiger partial charge on any atom is -0.378 e. The molecule has 0 saturated heterocycles. The summed E-state index contributed by atoms with van der Waals surface area (Å²) in [6.45, 7) is 2.49. The lowest BCUT2D eigenvalue weighted by Crippen LogP contribution is -2.14. The number of hydrogen-bond acceptors (Lipinski definition) is 4. The van der Waals surface area contributed by atoms with Gasteiger partial charge in [0.2, 0.25) is 0 Å². The van der Waals surface area contributed by atoms with Gasteiger partial charge < -0.3 is 15.8 Å². The number of nitrogens with two attached hydrogens (primary N) is 1. The van der Waals surface area contributed by atoms with Crippen LogP contribution in [0.15, 0.2) is 18.3 Å². The maximum absolute atomic E-state index is 5.69. The number of hydrogen-bond donors (Lipinski definition) is 2. The van der Waals surface area contributed by atoms with Crippen LogP contribution < -0.4 is 11.1 Å². The minimum absolute atomic E-state index is 0.555. The van der Waals surface area contributed by atoms with Crippen LogP contribution in [0.4, 0.5) is 5.82 Å². The number of nitrogens with one attached hydrogen (secondary N) is 1. The van der Waals surface area contributed by atoms with Crippen molar-refractivity contribution in [1.82, 2.24) is 4.98 Å². The molecule has 0 bridgehead atoms. The maximum Gasteiger partial charge on any atom is 0.126 e. The first-order valence-electron chi connectivity index (χ1n) is 4.46. The Kier molecular flexibility index (Phi) is 5.29. The Bertz CT molecular complexity index is 253. The average Bonchev–Trinajstić information content (AvgIpc) is 2.21. The van der Waals surface area contributed by atoms with E-state index in [1.165, 1.54) is 0 Å². The lowest BCUT2D eigenvalue weighted by molar-refractivity contribution is 0.151. The Morgan fingerprint density at radius 3 is 2.93 bits per heavy atom. The van der Waals surface area contributed by atoms with Crippen LogP contribution in [-0.4, -0.2) is 31.3 Å². The first-order valence-corrected chi connectivity index (χ1v) is 4.84. The van der Waals surface area contributed by atoms with Gasteiger partial charge in [0.25, 0.3) is 0 Å². The van der Waals surface area contributed by atoms with Crippen LogP contribution in [0.2, 0.25) is 5.02 Å². The number of halogens is 1. The van der Waals surface area contributed by atoms with Crippen LogP contribution in [0.1, 0.15) is 0 Å². The first-order chi connectivity index (χ1) is 6.83. The van der Waals surface area contributed by atoms with Gasteiger partial charge in [-0.2, -0.15) is 0 Å². The van der Waals surface area contributed by atoms with Crippen LogP contribution in [0.25, 0.3) is 0 Å². The van der Waals surface area contributed by atoms with E-state index in [4.69, 9.17) is 22.1 Å². The zero-order chi connectivity index (χ0) is 10.2. The quantitative estimate of drug-likeness (QED) is 0.699. The molecule has 0 unspecified atom stereocenters. The van der Waals surface area contributed by atoms with E-state index in [0.717, 1.165) is 5.82 Å². The molecule has 1 aromatic heterocycles. The van der Waals surface area contributed by atoms with Crippen molar-refractivity contribution in [3.8, 4) is 0 Å². The fourth-order valence-corrected chi connectivity index (χ4v) is 1.03. The Morgan fingerprint density at radius 1 is 1.43 bits per heavy atom. The SMILES string of the molecule is NCCOCCNc1ccc(Cl)cn1. The Balaban J connectivity index is 2.15. The van der Waals surface area contributed by atoms with Gasteiger partial charge in [0.15, 0.2) is 0 Å². The summed E-state index contributed by atoms with van der Waals surface area (Å²) in [4.78, 5) is 4.07. The smallest absolute Gasteiger partial charge is 0.126 e. The summed E-state index contributed by atoms with van der Waals surface area (Å²) in [5.74, 6) is 0.797. The van der Waals surface area contributed by atoms with E-state index in [0.29, 0.717) is 31.3 Å². The van der Waals surface area contributed by atoms with Gasteiger partial charge in [0, 0.05) is 19.3 Å². The molecule has 78 valence electrons. The van der Waals surface area contributed by atoms with Crippen LogP contribution in [-0.2, 0) is 4.74 Å². The van der Waals surface area contributed by atoms with Crippen molar-refractivity contribution in [2.45, 2.75) is 0 Å². The summed E-state index contributed by atoms with van der Waals surface area (Å²) in [7, 11) is 0.